The molecule has 39 heavy (non-hydrogen) atoms. The second-order valence-electron chi connectivity index (χ2n) is 9.87. The minimum absolute atomic E-state index is 0.0122. The zero-order chi connectivity index (χ0) is 27.6. The lowest BCUT2D eigenvalue weighted by atomic mass is 9.96. The fourth-order valence-electron chi connectivity index (χ4n) is 5.22. The molecular formula is C27H30F3N7OS. The van der Waals surface area contributed by atoms with Gasteiger partial charge in [-0.05, 0) is 44.4 Å². The minimum Gasteiger partial charge on any atom is -0.336 e. The van der Waals surface area contributed by atoms with Crippen LogP contribution >= 0.6 is 11.9 Å². The summed E-state index contributed by atoms with van der Waals surface area (Å²) in [4.78, 5) is 30.8. The Bertz CT molecular complexity index is 1330. The molecule has 2 N–H and O–H groups in total. The lowest BCUT2D eigenvalue weighted by molar-refractivity contribution is -0.0928. The molecule has 5 rings (SSSR count). The van der Waals surface area contributed by atoms with Gasteiger partial charge in [0.25, 0.3) is 5.91 Å². The maximum absolute atomic E-state index is 13.2. The fourth-order valence-corrected chi connectivity index (χ4v) is 5.54. The Balaban J connectivity index is 1.18. The number of carbonyl (C=O) groups excluding carboxylic acids is 1. The van der Waals surface area contributed by atoms with Gasteiger partial charge in [0, 0.05) is 72.8 Å². The van der Waals surface area contributed by atoms with Crippen LogP contribution in [0, 0.1) is 0 Å². The van der Waals surface area contributed by atoms with Crippen molar-refractivity contribution in [3.63, 3.8) is 0 Å². The number of fused-ring (bicyclic) bond motifs is 1. The number of piperidine rings is 1. The van der Waals surface area contributed by atoms with E-state index in [-0.39, 0.29) is 18.4 Å². The molecule has 1 saturated heterocycles. The summed E-state index contributed by atoms with van der Waals surface area (Å²) in [7, 11) is 0. The molecule has 2 atom stereocenters. The molecule has 206 valence electrons. The number of nitrogens with one attached hydrogen (secondary N) is 2. The molecule has 0 bridgehead atoms. The topological polar surface area (TPSA) is 86.3 Å². The molecule has 8 nitrogen and oxygen atoms in total. The lowest BCUT2D eigenvalue weighted by Gasteiger charge is -2.41. The van der Waals surface area contributed by atoms with E-state index in [1.54, 1.807) is 30.6 Å². The number of aromatic nitrogens is 3. The summed E-state index contributed by atoms with van der Waals surface area (Å²) in [5.74, 6) is 1.04. The van der Waals surface area contributed by atoms with Crippen LogP contribution in [0.1, 0.15) is 47.8 Å². The zero-order valence-corrected chi connectivity index (χ0v) is 22.5. The molecule has 12 heteroatoms. The van der Waals surface area contributed by atoms with Gasteiger partial charge in [0.05, 0.1) is 5.69 Å². The maximum atomic E-state index is 13.2. The van der Waals surface area contributed by atoms with Crippen molar-refractivity contribution in [3.8, 4) is 0 Å². The van der Waals surface area contributed by atoms with Crippen LogP contribution in [0.15, 0.2) is 60.1 Å². The van der Waals surface area contributed by atoms with Gasteiger partial charge in [-0.25, -0.2) is 15.0 Å². The molecule has 2 aromatic rings. The van der Waals surface area contributed by atoms with Gasteiger partial charge in [0.1, 0.15) is 5.82 Å². The van der Waals surface area contributed by atoms with Crippen LogP contribution in [-0.4, -0.2) is 61.7 Å². The Hall–Kier alpha value is -3.38. The molecule has 4 heterocycles. The highest BCUT2D eigenvalue weighted by atomic mass is 32.2. The number of carbonyl (C=O) groups is 1. The van der Waals surface area contributed by atoms with Crippen LogP contribution < -0.4 is 10.0 Å². The molecule has 0 radical (unpaired) electrons. The van der Waals surface area contributed by atoms with Crippen LogP contribution in [0.2, 0.25) is 0 Å². The number of hydrogen-bond acceptors (Lipinski definition) is 8. The van der Waals surface area contributed by atoms with Crippen molar-refractivity contribution in [1.82, 2.24) is 24.8 Å². The highest BCUT2D eigenvalue weighted by Crippen LogP contribution is 2.32. The van der Waals surface area contributed by atoms with E-state index in [9.17, 15) is 18.0 Å². The molecule has 0 aromatic carbocycles. The first kappa shape index (κ1) is 27.2. The molecule has 0 unspecified atom stereocenters. The number of allylic oxidation sites excluding steroid dienone is 5. The number of halogens is 3. The molecule has 3 aliphatic rings. The molecule has 1 fully saturated rings. The lowest BCUT2D eigenvalue weighted by Crippen LogP contribution is -2.50. The van der Waals surface area contributed by atoms with E-state index >= 15 is 0 Å². The van der Waals surface area contributed by atoms with Gasteiger partial charge in [0.15, 0.2) is 0 Å². The number of likely N-dealkylation sites (tertiary alicyclic amines) is 1. The van der Waals surface area contributed by atoms with Gasteiger partial charge in [-0.15, -0.1) is 0 Å². The quantitative estimate of drug-likeness (QED) is 0.462. The first-order valence-electron chi connectivity index (χ1n) is 12.8. The average Bonchev–Trinajstić information content (AvgIpc) is 3.18. The first-order chi connectivity index (χ1) is 18.7. The number of anilines is 2. The average molecular weight is 558 g/mol. The largest absolute Gasteiger partial charge is 0.412 e. The molecule has 1 amide bonds. The smallest absolute Gasteiger partial charge is 0.336 e. The van der Waals surface area contributed by atoms with Crippen molar-refractivity contribution in [2.24, 2.45) is 0 Å². The Kier molecular flexibility index (Phi) is 7.94. The van der Waals surface area contributed by atoms with Crippen LogP contribution in [0.4, 0.5) is 24.9 Å². The van der Waals surface area contributed by atoms with Crippen molar-refractivity contribution in [1.29, 1.82) is 0 Å². The Labute approximate surface area is 229 Å². The second-order valence-corrected chi connectivity index (χ2v) is 10.5. The molecule has 0 saturated carbocycles. The van der Waals surface area contributed by atoms with Gasteiger partial charge in [0.2, 0.25) is 5.95 Å². The van der Waals surface area contributed by atoms with Gasteiger partial charge in [-0.3, -0.25) is 9.69 Å². The Morgan fingerprint density at radius 1 is 1.23 bits per heavy atom. The van der Waals surface area contributed by atoms with E-state index in [4.69, 9.17) is 0 Å². The van der Waals surface area contributed by atoms with E-state index in [1.165, 1.54) is 24.1 Å². The summed E-state index contributed by atoms with van der Waals surface area (Å²) in [6.07, 6.45) is 8.04. The van der Waals surface area contributed by atoms with Crippen molar-refractivity contribution in [3.05, 3.63) is 76.9 Å². The third-order valence-corrected chi connectivity index (χ3v) is 7.67. The SMILES string of the molecule is CSNc1cc(C(=O)N2CC[C@@H](N3Cc4cnc(NC5=CCC(C(F)(F)F)=CC=C5)nc4C3)C[C@H]2C)ccn1. The number of amides is 1. The third-order valence-electron chi connectivity index (χ3n) is 7.26. The number of alkyl halides is 3. The van der Waals surface area contributed by atoms with E-state index in [1.807, 2.05) is 11.2 Å². The Morgan fingerprint density at radius 3 is 2.85 bits per heavy atom. The summed E-state index contributed by atoms with van der Waals surface area (Å²) < 4.78 is 42.1. The van der Waals surface area contributed by atoms with E-state index in [2.05, 4.69) is 36.8 Å². The maximum Gasteiger partial charge on any atom is 0.412 e. The van der Waals surface area contributed by atoms with Crippen molar-refractivity contribution >= 4 is 29.6 Å². The van der Waals surface area contributed by atoms with Gasteiger partial charge < -0.3 is 14.9 Å². The monoisotopic (exact) mass is 557 g/mol. The number of rotatable bonds is 6. The zero-order valence-electron chi connectivity index (χ0n) is 21.7. The van der Waals surface area contributed by atoms with E-state index in [0.29, 0.717) is 42.2 Å². The minimum atomic E-state index is -4.35. The predicted octanol–water partition coefficient (Wildman–Crippen LogP) is 5.31. The molecular weight excluding hydrogens is 527 g/mol. The summed E-state index contributed by atoms with van der Waals surface area (Å²) in [6, 6.07) is 3.92. The van der Waals surface area contributed by atoms with Crippen LogP contribution in [0.25, 0.3) is 0 Å². The highest BCUT2D eigenvalue weighted by Gasteiger charge is 2.35. The van der Waals surface area contributed by atoms with Crippen molar-refractivity contribution < 1.29 is 18.0 Å². The summed E-state index contributed by atoms with van der Waals surface area (Å²) in [5.41, 5.74) is 2.51. The first-order valence-corrected chi connectivity index (χ1v) is 14.0. The standard InChI is InChI=1S/C27H30F3N7OS/c1-17-12-22(9-11-37(17)25(38)18-8-10-31-24(13-18)35-39-2)36-15-19-14-32-26(34-23(19)16-36)33-21-5-3-4-20(6-7-21)27(28,29)30/h3-5,7-8,10,13-14,17,22H,6,9,11-12,15-16H2,1-2H3,(H,31,35)(H,32,33,34)/t17-,22-/m1/s1. The summed E-state index contributed by atoms with van der Waals surface area (Å²) in [6.45, 7) is 4.15. The second kappa shape index (κ2) is 11.4. The summed E-state index contributed by atoms with van der Waals surface area (Å²) >= 11 is 1.43. The Morgan fingerprint density at radius 2 is 2.08 bits per heavy atom. The normalized spacial score (nSPS) is 21.6. The molecule has 2 aliphatic heterocycles. The van der Waals surface area contributed by atoms with Gasteiger partial charge in [-0.2, -0.15) is 13.2 Å². The van der Waals surface area contributed by atoms with Crippen LogP contribution in [0.5, 0.6) is 0 Å². The number of hydrogen-bond donors (Lipinski definition) is 2. The fraction of sp³-hybridized carbons (Fsp3) is 0.407. The summed E-state index contributed by atoms with van der Waals surface area (Å²) in [5, 5.41) is 3.05. The van der Waals surface area contributed by atoms with E-state index in [0.717, 1.165) is 36.7 Å². The molecule has 1 aliphatic carbocycles. The van der Waals surface area contributed by atoms with Crippen molar-refractivity contribution in [2.75, 3.05) is 22.8 Å². The van der Waals surface area contributed by atoms with Gasteiger partial charge >= 0.3 is 6.18 Å². The van der Waals surface area contributed by atoms with E-state index < -0.39 is 11.7 Å². The third kappa shape index (κ3) is 6.27. The molecule has 2 aromatic heterocycles. The van der Waals surface area contributed by atoms with Crippen LogP contribution in [-0.2, 0) is 13.1 Å². The number of nitrogens with zero attached hydrogens (tertiary/aromatic N) is 5. The van der Waals surface area contributed by atoms with Crippen molar-refractivity contribution in [2.45, 2.75) is 57.5 Å². The number of pyridine rings is 1. The molecule has 0 spiro atoms. The van der Waals surface area contributed by atoms with Gasteiger partial charge in [-0.1, -0.05) is 30.2 Å². The van der Waals surface area contributed by atoms with Crippen LogP contribution in [0.3, 0.4) is 0 Å². The highest BCUT2D eigenvalue weighted by molar-refractivity contribution is 7.99. The predicted molar refractivity (Wildman–Crippen MR) is 146 cm³/mol.